The lowest BCUT2D eigenvalue weighted by atomic mass is 10.2. The van der Waals surface area contributed by atoms with Gasteiger partial charge in [-0.3, -0.25) is 0 Å². The number of oxazole rings is 1. The van der Waals surface area contributed by atoms with Crippen molar-refractivity contribution in [3.05, 3.63) is 36.3 Å². The second-order valence-corrected chi connectivity index (χ2v) is 3.46. The van der Waals surface area contributed by atoms with Crippen LogP contribution in [0.15, 0.2) is 40.1 Å². The molecule has 0 amide bonds. The SMILES string of the molecule is CSc1ncc(-c2ccc(F)cc2)o1. The van der Waals surface area contributed by atoms with Gasteiger partial charge in [0.15, 0.2) is 5.76 Å². The van der Waals surface area contributed by atoms with Gasteiger partial charge >= 0.3 is 0 Å². The van der Waals surface area contributed by atoms with Crippen molar-refractivity contribution in [2.75, 3.05) is 6.26 Å². The fraction of sp³-hybridized carbons (Fsp3) is 0.100. The molecule has 1 aromatic carbocycles. The van der Waals surface area contributed by atoms with Crippen LogP contribution in [-0.2, 0) is 0 Å². The first-order chi connectivity index (χ1) is 6.79. The summed E-state index contributed by atoms with van der Waals surface area (Å²) in [4.78, 5) is 4.04. The lowest BCUT2D eigenvalue weighted by molar-refractivity contribution is 0.466. The summed E-state index contributed by atoms with van der Waals surface area (Å²) in [6, 6.07) is 6.13. The molecule has 14 heavy (non-hydrogen) atoms. The summed E-state index contributed by atoms with van der Waals surface area (Å²) >= 11 is 1.44. The standard InChI is InChI=1S/C10H8FNOS/c1-14-10-12-6-9(13-10)7-2-4-8(11)5-3-7/h2-6H,1H3. The molecule has 0 saturated heterocycles. The maximum Gasteiger partial charge on any atom is 0.255 e. The summed E-state index contributed by atoms with van der Waals surface area (Å²) in [5.74, 6) is 0.410. The van der Waals surface area contributed by atoms with Crippen LogP contribution in [-0.4, -0.2) is 11.2 Å². The van der Waals surface area contributed by atoms with Crippen LogP contribution in [0.5, 0.6) is 0 Å². The molecule has 1 heterocycles. The smallest absolute Gasteiger partial charge is 0.255 e. The number of nitrogens with zero attached hydrogens (tertiary/aromatic N) is 1. The Balaban J connectivity index is 2.34. The number of aromatic nitrogens is 1. The molecule has 0 unspecified atom stereocenters. The van der Waals surface area contributed by atoms with Gasteiger partial charge in [-0.2, -0.15) is 0 Å². The molecular formula is C10H8FNOS. The molecule has 0 spiro atoms. The molecule has 0 aliphatic heterocycles. The number of hydrogen-bond acceptors (Lipinski definition) is 3. The second-order valence-electron chi connectivity index (χ2n) is 2.70. The van der Waals surface area contributed by atoms with Crippen LogP contribution >= 0.6 is 11.8 Å². The number of benzene rings is 1. The zero-order valence-electron chi connectivity index (χ0n) is 7.53. The molecule has 0 fully saturated rings. The molecule has 4 heteroatoms. The molecule has 1 aromatic heterocycles. The van der Waals surface area contributed by atoms with Crippen LogP contribution in [0.25, 0.3) is 11.3 Å². The molecule has 0 N–H and O–H groups in total. The molecule has 0 aliphatic carbocycles. The third-order valence-corrected chi connectivity index (χ3v) is 2.33. The lowest BCUT2D eigenvalue weighted by Crippen LogP contribution is -1.75. The van der Waals surface area contributed by atoms with Crippen molar-refractivity contribution in [2.45, 2.75) is 5.22 Å². The normalized spacial score (nSPS) is 10.4. The van der Waals surface area contributed by atoms with E-state index in [9.17, 15) is 4.39 Å². The van der Waals surface area contributed by atoms with Gasteiger partial charge in [0.05, 0.1) is 6.20 Å². The predicted octanol–water partition coefficient (Wildman–Crippen LogP) is 3.20. The summed E-state index contributed by atoms with van der Waals surface area (Å²) in [6.45, 7) is 0. The molecule has 0 radical (unpaired) electrons. The Morgan fingerprint density at radius 1 is 1.29 bits per heavy atom. The van der Waals surface area contributed by atoms with Crippen molar-refractivity contribution in [3.63, 3.8) is 0 Å². The Morgan fingerprint density at radius 3 is 2.57 bits per heavy atom. The monoisotopic (exact) mass is 209 g/mol. The first-order valence-corrected chi connectivity index (χ1v) is 5.28. The van der Waals surface area contributed by atoms with Crippen molar-refractivity contribution in [3.8, 4) is 11.3 Å². The van der Waals surface area contributed by atoms with Crippen LogP contribution < -0.4 is 0 Å². The second kappa shape index (κ2) is 3.84. The number of halogens is 1. The quantitative estimate of drug-likeness (QED) is 0.710. The van der Waals surface area contributed by atoms with E-state index >= 15 is 0 Å². The van der Waals surface area contributed by atoms with E-state index in [2.05, 4.69) is 4.98 Å². The Bertz CT molecular complexity index is 424. The highest BCUT2D eigenvalue weighted by molar-refractivity contribution is 7.98. The minimum Gasteiger partial charge on any atom is -0.431 e. The average molecular weight is 209 g/mol. The van der Waals surface area contributed by atoms with Gasteiger partial charge in [0.1, 0.15) is 5.82 Å². The maximum absolute atomic E-state index is 12.6. The Hall–Kier alpha value is -1.29. The highest BCUT2D eigenvalue weighted by Gasteiger charge is 2.04. The van der Waals surface area contributed by atoms with Crippen LogP contribution in [0.4, 0.5) is 4.39 Å². The van der Waals surface area contributed by atoms with Gasteiger partial charge in [0.2, 0.25) is 0 Å². The van der Waals surface area contributed by atoms with E-state index in [0.717, 1.165) is 5.56 Å². The first kappa shape index (κ1) is 9.27. The molecule has 0 saturated carbocycles. The van der Waals surface area contributed by atoms with Crippen LogP contribution in [0.3, 0.4) is 0 Å². The van der Waals surface area contributed by atoms with Crippen LogP contribution in [0.1, 0.15) is 0 Å². The van der Waals surface area contributed by atoms with Crippen molar-refractivity contribution in [1.29, 1.82) is 0 Å². The largest absolute Gasteiger partial charge is 0.431 e. The topological polar surface area (TPSA) is 26.0 Å². The zero-order chi connectivity index (χ0) is 9.97. The molecule has 2 rings (SSSR count). The highest BCUT2D eigenvalue weighted by Crippen LogP contribution is 2.23. The molecule has 0 aliphatic rings. The highest BCUT2D eigenvalue weighted by atomic mass is 32.2. The van der Waals surface area contributed by atoms with Crippen molar-refractivity contribution >= 4 is 11.8 Å². The zero-order valence-corrected chi connectivity index (χ0v) is 8.34. The van der Waals surface area contributed by atoms with Gasteiger partial charge in [-0.25, -0.2) is 9.37 Å². The van der Waals surface area contributed by atoms with E-state index in [1.807, 2.05) is 6.26 Å². The van der Waals surface area contributed by atoms with E-state index < -0.39 is 0 Å². The number of hydrogen-bond donors (Lipinski definition) is 0. The fourth-order valence-corrected chi connectivity index (χ4v) is 1.43. The molecule has 0 bridgehead atoms. The van der Waals surface area contributed by atoms with Gasteiger partial charge in [0, 0.05) is 5.56 Å². The molecular weight excluding hydrogens is 201 g/mol. The van der Waals surface area contributed by atoms with E-state index in [1.54, 1.807) is 18.3 Å². The number of rotatable bonds is 2. The van der Waals surface area contributed by atoms with Gasteiger partial charge in [-0.1, -0.05) is 11.8 Å². The van der Waals surface area contributed by atoms with Crippen LogP contribution in [0.2, 0.25) is 0 Å². The van der Waals surface area contributed by atoms with Gasteiger partial charge in [-0.15, -0.1) is 0 Å². The van der Waals surface area contributed by atoms with E-state index in [0.29, 0.717) is 11.0 Å². The number of thioether (sulfide) groups is 1. The third-order valence-electron chi connectivity index (χ3n) is 1.79. The summed E-state index contributed by atoms with van der Waals surface area (Å²) in [7, 11) is 0. The Morgan fingerprint density at radius 2 is 2.00 bits per heavy atom. The first-order valence-electron chi connectivity index (χ1n) is 4.05. The molecule has 2 aromatic rings. The van der Waals surface area contributed by atoms with Gasteiger partial charge < -0.3 is 4.42 Å². The molecule has 2 nitrogen and oxygen atoms in total. The van der Waals surface area contributed by atoms with E-state index in [-0.39, 0.29) is 5.82 Å². The van der Waals surface area contributed by atoms with Crippen LogP contribution in [0, 0.1) is 5.82 Å². The summed E-state index contributed by atoms with van der Waals surface area (Å²) in [6.07, 6.45) is 3.53. The summed E-state index contributed by atoms with van der Waals surface area (Å²) in [5.41, 5.74) is 0.833. The lowest BCUT2D eigenvalue weighted by Gasteiger charge is -1.94. The van der Waals surface area contributed by atoms with Gasteiger partial charge in [-0.05, 0) is 30.5 Å². The van der Waals surface area contributed by atoms with Gasteiger partial charge in [0.25, 0.3) is 5.22 Å². The summed E-state index contributed by atoms with van der Waals surface area (Å²) < 4.78 is 18.0. The maximum atomic E-state index is 12.6. The molecule has 72 valence electrons. The minimum absolute atomic E-state index is 0.252. The van der Waals surface area contributed by atoms with E-state index in [1.165, 1.54) is 23.9 Å². The summed E-state index contributed by atoms with van der Waals surface area (Å²) in [5, 5.41) is 0.615. The Kier molecular flexibility index (Phi) is 2.54. The van der Waals surface area contributed by atoms with Crippen molar-refractivity contribution < 1.29 is 8.81 Å². The van der Waals surface area contributed by atoms with Crippen molar-refractivity contribution in [2.24, 2.45) is 0 Å². The predicted molar refractivity (Wildman–Crippen MR) is 53.7 cm³/mol. The Labute approximate surface area is 85.2 Å². The average Bonchev–Trinajstić information content (AvgIpc) is 2.67. The molecule has 0 atom stereocenters. The van der Waals surface area contributed by atoms with Crippen molar-refractivity contribution in [1.82, 2.24) is 4.98 Å². The third kappa shape index (κ3) is 1.80. The minimum atomic E-state index is -0.252. The van der Waals surface area contributed by atoms with E-state index in [4.69, 9.17) is 4.42 Å². The fourth-order valence-electron chi connectivity index (χ4n) is 1.10.